The summed E-state index contributed by atoms with van der Waals surface area (Å²) < 4.78 is 8.16. The number of ketones is 1. The molecular weight excluding hydrogens is 592 g/mol. The van der Waals surface area contributed by atoms with Crippen molar-refractivity contribution in [2.24, 2.45) is 45.7 Å². The van der Waals surface area contributed by atoms with Crippen LogP contribution in [-0.2, 0) is 26.4 Å². The van der Waals surface area contributed by atoms with Gasteiger partial charge in [-0.05, 0) is 131 Å². The lowest BCUT2D eigenvalue weighted by Crippen LogP contribution is -2.75. The summed E-state index contributed by atoms with van der Waals surface area (Å²) in [7, 11) is 0. The molecule has 0 aromatic carbocycles. The van der Waals surface area contributed by atoms with Crippen LogP contribution in [0.2, 0.25) is 0 Å². The molecule has 0 saturated heterocycles. The molecule has 0 aliphatic heterocycles. The number of aromatic amines is 1. The summed E-state index contributed by atoms with van der Waals surface area (Å²) >= 11 is 0. The van der Waals surface area contributed by atoms with E-state index in [2.05, 4.69) is 51.9 Å². The van der Waals surface area contributed by atoms with E-state index in [0.717, 1.165) is 61.8 Å². The van der Waals surface area contributed by atoms with Crippen molar-refractivity contribution in [3.8, 4) is 0 Å². The first-order valence-electron chi connectivity index (χ1n) is 18.1. The zero-order valence-electron chi connectivity index (χ0n) is 30.0. The zero-order valence-corrected chi connectivity index (χ0v) is 30.0. The Bertz CT molecular complexity index is 1490. The number of fused-ring (bicyclic) bond motifs is 5. The number of allylic oxidation sites excluding steroid dienone is 3. The molecule has 0 amide bonds. The maximum absolute atomic E-state index is 13.7. The number of rotatable bonds is 5. The van der Waals surface area contributed by atoms with Crippen molar-refractivity contribution >= 4 is 11.8 Å². The fourth-order valence-corrected chi connectivity index (χ4v) is 12.4. The van der Waals surface area contributed by atoms with Crippen molar-refractivity contribution in [1.82, 2.24) is 10.3 Å². The quantitative estimate of drug-likeness (QED) is 0.148. The average Bonchev–Trinajstić information content (AvgIpc) is 3.59. The van der Waals surface area contributed by atoms with Gasteiger partial charge in [-0.15, -0.1) is 0 Å². The highest BCUT2D eigenvalue weighted by molar-refractivity contribution is 5.95. The maximum Gasteiger partial charge on any atom is 0.303 e. The SMILES string of the molecule is CC(=O)O[C@H]1C[C@@]2(C)[C@@H](C[C@@H](O)[C@H]3[C@@]4(C)CC[C@@H](O)[C@](C)([n+]5cc(CN)n[nH]5)[C@@H]4CC[C@@]32C)/C1=C(/C(C)=O)C1CCCC(=C(C)C)C1. The lowest BCUT2D eigenvalue weighted by molar-refractivity contribution is -0.831. The molecule has 9 heteroatoms. The monoisotopic (exact) mass is 651 g/mol. The summed E-state index contributed by atoms with van der Waals surface area (Å²) in [6, 6.07) is 0. The van der Waals surface area contributed by atoms with Gasteiger partial charge in [0.2, 0.25) is 5.69 Å². The molecule has 0 bridgehead atoms. The van der Waals surface area contributed by atoms with Gasteiger partial charge in [0.05, 0.1) is 18.8 Å². The molecule has 9 nitrogen and oxygen atoms in total. The van der Waals surface area contributed by atoms with Crippen LogP contribution in [0.3, 0.4) is 0 Å². The molecule has 0 radical (unpaired) electrons. The second kappa shape index (κ2) is 11.9. The van der Waals surface area contributed by atoms with Gasteiger partial charge in [-0.1, -0.05) is 37.1 Å². The van der Waals surface area contributed by atoms with Gasteiger partial charge in [-0.25, -0.2) is 0 Å². The maximum atomic E-state index is 13.7. The highest BCUT2D eigenvalue weighted by Gasteiger charge is 2.73. The lowest BCUT2D eigenvalue weighted by Gasteiger charge is -2.69. The summed E-state index contributed by atoms with van der Waals surface area (Å²) in [5, 5.41) is 31.7. The minimum atomic E-state index is -0.640. The van der Waals surface area contributed by atoms with Gasteiger partial charge in [0.15, 0.2) is 17.5 Å². The molecule has 5 fully saturated rings. The molecular formula is C38H59N4O5+. The molecule has 47 heavy (non-hydrogen) atoms. The first kappa shape index (κ1) is 34.5. The summed E-state index contributed by atoms with van der Waals surface area (Å²) in [6.45, 7) is 17.0. The molecule has 260 valence electrons. The van der Waals surface area contributed by atoms with Crippen molar-refractivity contribution in [3.05, 3.63) is 34.2 Å². The summed E-state index contributed by atoms with van der Waals surface area (Å²) in [6.07, 6.45) is 8.60. The number of Topliss-reactive ketones (excluding diaryl/α,β-unsaturated/α-hetero) is 1. The van der Waals surface area contributed by atoms with E-state index in [1.807, 2.05) is 10.9 Å². The minimum absolute atomic E-state index is 0.0376. The number of carbonyl (C=O) groups is 2. The summed E-state index contributed by atoms with van der Waals surface area (Å²) in [5.74, 6) is -0.166. The minimum Gasteiger partial charge on any atom is -0.458 e. The highest BCUT2D eigenvalue weighted by Crippen LogP contribution is 2.75. The van der Waals surface area contributed by atoms with Crippen molar-refractivity contribution in [2.45, 2.75) is 150 Å². The largest absolute Gasteiger partial charge is 0.458 e. The number of aromatic nitrogens is 3. The number of nitrogens with zero attached hydrogens (tertiary/aromatic N) is 2. The topological polar surface area (TPSA) is 142 Å². The van der Waals surface area contributed by atoms with Crippen molar-refractivity contribution in [3.63, 3.8) is 0 Å². The van der Waals surface area contributed by atoms with E-state index in [4.69, 9.17) is 10.5 Å². The van der Waals surface area contributed by atoms with Crippen LogP contribution in [0, 0.1) is 39.9 Å². The molecule has 1 unspecified atom stereocenters. The number of hydrogen-bond acceptors (Lipinski definition) is 7. The second-order valence-electron chi connectivity index (χ2n) is 17.1. The van der Waals surface area contributed by atoms with Crippen LogP contribution in [0.15, 0.2) is 28.5 Å². The van der Waals surface area contributed by atoms with Crippen LogP contribution in [0.4, 0.5) is 0 Å². The van der Waals surface area contributed by atoms with E-state index in [-0.39, 0.29) is 51.7 Å². The standard InChI is InChI=1S/C38H58N4O5/c1-21(2)24-10-9-11-25(16-24)32(22(3)43)33-27-17-28(45)34-35(5)14-13-31(46)38(8,42-20-26(19-39)40-41-42)30(35)12-15-36(34,6)37(27,7)18-29(33)47-23(4)44/h20,25,27-31,34,45-46H,9-19,39H2,1-8H3/p+1/b33-32+/t25?,27-,28+,29-,30+,31+,34-,35-,36-,37-,38+/m0/s1. The van der Waals surface area contributed by atoms with Gasteiger partial charge in [-0.2, -0.15) is 4.68 Å². The van der Waals surface area contributed by atoms with E-state index in [0.29, 0.717) is 25.8 Å². The average molecular weight is 652 g/mol. The molecule has 5 aliphatic carbocycles. The van der Waals surface area contributed by atoms with E-state index < -0.39 is 23.9 Å². The number of carbonyl (C=O) groups excluding carboxylic acids is 2. The molecule has 5 N–H and O–H groups in total. The van der Waals surface area contributed by atoms with Crippen LogP contribution < -0.4 is 10.4 Å². The number of nitrogens with one attached hydrogen (secondary N) is 1. The number of aliphatic hydroxyl groups is 2. The Morgan fingerprint density at radius 2 is 1.79 bits per heavy atom. The van der Waals surface area contributed by atoms with E-state index >= 15 is 0 Å². The first-order valence-corrected chi connectivity index (χ1v) is 18.1. The Morgan fingerprint density at radius 3 is 2.40 bits per heavy atom. The van der Waals surface area contributed by atoms with Crippen LogP contribution in [0.25, 0.3) is 0 Å². The molecule has 5 aliphatic rings. The normalized spacial score (nSPS) is 44.2. The Kier molecular flexibility index (Phi) is 8.74. The third-order valence-electron chi connectivity index (χ3n) is 14.7. The molecule has 11 atom stereocenters. The van der Waals surface area contributed by atoms with Gasteiger partial charge in [0, 0.05) is 23.5 Å². The Balaban J connectivity index is 1.46. The van der Waals surface area contributed by atoms with E-state index in [9.17, 15) is 19.8 Å². The van der Waals surface area contributed by atoms with Crippen LogP contribution in [0.1, 0.15) is 125 Å². The van der Waals surface area contributed by atoms with Gasteiger partial charge < -0.3 is 20.7 Å². The molecule has 1 aromatic rings. The van der Waals surface area contributed by atoms with E-state index in [1.165, 1.54) is 18.1 Å². The van der Waals surface area contributed by atoms with Gasteiger partial charge >= 0.3 is 5.97 Å². The molecule has 1 heterocycles. The fourth-order valence-electron chi connectivity index (χ4n) is 12.4. The number of H-pyrrole nitrogens is 1. The number of ether oxygens (including phenoxy) is 1. The van der Waals surface area contributed by atoms with Crippen molar-refractivity contribution in [1.29, 1.82) is 0 Å². The molecule has 6 rings (SSSR count). The third kappa shape index (κ3) is 5.03. The first-order chi connectivity index (χ1) is 22.0. The zero-order chi connectivity index (χ0) is 34.3. The number of aliphatic hydroxyl groups excluding tert-OH is 2. The molecule has 0 spiro atoms. The Hall–Kier alpha value is -2.36. The predicted molar refractivity (Wildman–Crippen MR) is 178 cm³/mol. The van der Waals surface area contributed by atoms with Crippen LogP contribution in [0.5, 0.6) is 0 Å². The number of nitrogens with two attached hydrogens (primary N) is 1. The summed E-state index contributed by atoms with van der Waals surface area (Å²) in [5.41, 5.74) is 9.79. The lowest BCUT2D eigenvalue weighted by atomic mass is 9.35. The Labute approximate surface area is 280 Å². The molecule has 5 saturated carbocycles. The van der Waals surface area contributed by atoms with Gasteiger partial charge in [-0.3, -0.25) is 9.59 Å². The fraction of sp³-hybridized carbons (Fsp3) is 0.789. The van der Waals surface area contributed by atoms with Gasteiger partial charge in [0.1, 0.15) is 6.10 Å². The van der Waals surface area contributed by atoms with Crippen molar-refractivity contribution in [2.75, 3.05) is 0 Å². The number of hydrogen-bond donors (Lipinski definition) is 4. The smallest absolute Gasteiger partial charge is 0.303 e. The second-order valence-corrected chi connectivity index (χ2v) is 17.1. The van der Waals surface area contributed by atoms with Crippen LogP contribution in [-0.4, -0.2) is 50.6 Å². The Morgan fingerprint density at radius 1 is 1.06 bits per heavy atom. The summed E-state index contributed by atoms with van der Waals surface area (Å²) in [4.78, 5) is 26.4. The van der Waals surface area contributed by atoms with Crippen LogP contribution >= 0.6 is 0 Å². The third-order valence-corrected chi connectivity index (χ3v) is 14.7. The van der Waals surface area contributed by atoms with Crippen molar-refractivity contribution < 1.29 is 29.2 Å². The highest BCUT2D eigenvalue weighted by atomic mass is 16.5. The number of esters is 1. The van der Waals surface area contributed by atoms with Gasteiger partial charge in [0.25, 0.3) is 0 Å². The van der Waals surface area contributed by atoms with E-state index in [1.54, 1.807) is 6.92 Å². The predicted octanol–water partition coefficient (Wildman–Crippen LogP) is 5.20. The molecule has 1 aromatic heterocycles.